The number of carbonyl (C=O) groups is 1. The summed E-state index contributed by atoms with van der Waals surface area (Å²) >= 11 is 1.49. The van der Waals surface area contributed by atoms with Crippen LogP contribution in [0.1, 0.15) is 23.8 Å². The van der Waals surface area contributed by atoms with Crippen molar-refractivity contribution in [3.63, 3.8) is 0 Å². The summed E-state index contributed by atoms with van der Waals surface area (Å²) in [6, 6.07) is 10.9. The summed E-state index contributed by atoms with van der Waals surface area (Å²) in [5, 5.41) is 14.5. The van der Waals surface area contributed by atoms with E-state index in [-0.39, 0.29) is 24.3 Å². The number of fused-ring (bicyclic) bond motifs is 2. The second kappa shape index (κ2) is 11.5. The van der Waals surface area contributed by atoms with Gasteiger partial charge < -0.3 is 15.4 Å². The maximum Gasteiger partial charge on any atom is 0.407 e. The summed E-state index contributed by atoms with van der Waals surface area (Å²) in [5.74, 6) is 6.12. The Morgan fingerprint density at radius 2 is 2.12 bits per heavy atom. The van der Waals surface area contributed by atoms with Crippen LogP contribution in [0.25, 0.3) is 21.1 Å². The zero-order chi connectivity index (χ0) is 28.3. The second-order valence-corrected chi connectivity index (χ2v) is 10.6. The molecule has 3 N–H and O–H groups in total. The van der Waals surface area contributed by atoms with Gasteiger partial charge in [0.05, 0.1) is 39.4 Å². The molecule has 1 saturated heterocycles. The monoisotopic (exact) mass is 573 g/mol. The van der Waals surface area contributed by atoms with Crippen molar-refractivity contribution in [3.05, 3.63) is 77.1 Å². The Morgan fingerprint density at radius 3 is 3.00 bits per heavy atom. The first-order valence-electron chi connectivity index (χ1n) is 13.1. The molecular weight excluding hydrogens is 548 g/mol. The summed E-state index contributed by atoms with van der Waals surface area (Å²) in [5.41, 5.74) is 2.59. The summed E-state index contributed by atoms with van der Waals surface area (Å²) < 4.78 is 35.6. The molecule has 0 aliphatic carbocycles. The van der Waals surface area contributed by atoms with Gasteiger partial charge in [0, 0.05) is 36.1 Å². The Kier molecular flexibility index (Phi) is 7.45. The van der Waals surface area contributed by atoms with Gasteiger partial charge in [-0.15, -0.1) is 11.3 Å². The fraction of sp³-hybridized carbons (Fsp3) is 0.241. The zero-order valence-corrected chi connectivity index (χ0v) is 22.8. The van der Waals surface area contributed by atoms with Crippen molar-refractivity contribution in [1.82, 2.24) is 30.4 Å². The van der Waals surface area contributed by atoms with Crippen LogP contribution in [0.4, 0.5) is 25.1 Å². The van der Waals surface area contributed by atoms with Crippen molar-refractivity contribution in [3.8, 4) is 11.8 Å². The zero-order valence-electron chi connectivity index (χ0n) is 21.9. The minimum atomic E-state index is -0.491. The molecule has 208 valence electrons. The van der Waals surface area contributed by atoms with E-state index in [0.717, 1.165) is 43.8 Å². The van der Waals surface area contributed by atoms with E-state index in [0.29, 0.717) is 25.3 Å². The normalized spacial score (nSPS) is 16.5. The van der Waals surface area contributed by atoms with E-state index in [1.54, 1.807) is 10.9 Å². The Morgan fingerprint density at radius 1 is 1.22 bits per heavy atom. The maximum absolute atomic E-state index is 14.1. The topological polar surface area (TPSA) is 106 Å². The lowest BCUT2D eigenvalue weighted by molar-refractivity contribution is 0.107. The van der Waals surface area contributed by atoms with E-state index < -0.39 is 17.7 Å². The molecule has 9 nitrogen and oxygen atoms in total. The standard InChI is InChI=1S/C29H25F2N7O2S/c1-2-32-29(39)40-22-11-20(33-14-22)4-6-23-12-25-27(41-23)28(35-16-34-25)37-21-5-8-26-17(10-21)13-36-38(26)15-18-9-19(30)3-7-24(18)31/h3,5,7-10,12-13,16,20,22,33H,2,11,14-15H2,1H3,(H,32,39)(H,34,35,37)/t20-,22-/m1/s1. The lowest BCUT2D eigenvalue weighted by atomic mass is 10.2. The summed E-state index contributed by atoms with van der Waals surface area (Å²) in [6.45, 7) is 3.04. The summed E-state index contributed by atoms with van der Waals surface area (Å²) in [6.07, 6.45) is 3.19. The van der Waals surface area contributed by atoms with Gasteiger partial charge in [0.1, 0.15) is 24.1 Å². The largest absolute Gasteiger partial charge is 0.445 e. The molecule has 0 radical (unpaired) electrons. The third kappa shape index (κ3) is 5.96. The van der Waals surface area contributed by atoms with Crippen LogP contribution < -0.4 is 16.0 Å². The maximum atomic E-state index is 14.1. The van der Waals surface area contributed by atoms with Crippen molar-refractivity contribution in [2.45, 2.75) is 32.0 Å². The number of aromatic nitrogens is 4. The molecule has 41 heavy (non-hydrogen) atoms. The van der Waals surface area contributed by atoms with Crippen LogP contribution in [0.2, 0.25) is 0 Å². The number of carbonyl (C=O) groups excluding carboxylic acids is 1. The average Bonchev–Trinajstić information content (AvgIpc) is 3.68. The molecule has 5 aromatic rings. The van der Waals surface area contributed by atoms with Gasteiger partial charge >= 0.3 is 6.09 Å². The molecule has 1 fully saturated rings. The highest BCUT2D eigenvalue weighted by Crippen LogP contribution is 2.31. The van der Waals surface area contributed by atoms with Gasteiger partial charge in [-0.2, -0.15) is 5.10 Å². The van der Waals surface area contributed by atoms with Gasteiger partial charge in [0.2, 0.25) is 0 Å². The van der Waals surface area contributed by atoms with E-state index in [4.69, 9.17) is 4.74 Å². The number of amides is 1. The molecule has 0 spiro atoms. The second-order valence-electron chi connectivity index (χ2n) is 9.51. The first kappa shape index (κ1) is 26.6. The van der Waals surface area contributed by atoms with E-state index in [1.807, 2.05) is 31.2 Å². The number of hydrogen-bond acceptors (Lipinski definition) is 8. The highest BCUT2D eigenvalue weighted by molar-refractivity contribution is 7.20. The summed E-state index contributed by atoms with van der Waals surface area (Å²) in [4.78, 5) is 21.3. The molecule has 0 saturated carbocycles. The van der Waals surface area contributed by atoms with Crippen molar-refractivity contribution >= 4 is 50.1 Å². The number of alkyl carbamates (subject to hydrolysis) is 1. The molecule has 1 aliphatic rings. The fourth-order valence-corrected chi connectivity index (χ4v) is 5.57. The first-order chi connectivity index (χ1) is 19.9. The van der Waals surface area contributed by atoms with Crippen LogP contribution in [0.5, 0.6) is 0 Å². The third-order valence-electron chi connectivity index (χ3n) is 6.60. The van der Waals surface area contributed by atoms with E-state index >= 15 is 0 Å². The van der Waals surface area contributed by atoms with E-state index in [2.05, 4.69) is 42.9 Å². The van der Waals surface area contributed by atoms with Gasteiger partial charge in [0.25, 0.3) is 0 Å². The molecule has 0 unspecified atom stereocenters. The number of anilines is 2. The molecule has 3 aromatic heterocycles. The quantitative estimate of drug-likeness (QED) is 0.247. The molecule has 0 bridgehead atoms. The molecule has 4 heterocycles. The number of nitrogens with one attached hydrogen (secondary N) is 3. The van der Waals surface area contributed by atoms with Crippen LogP contribution in [0.3, 0.4) is 0 Å². The fourth-order valence-electron chi connectivity index (χ4n) is 4.66. The van der Waals surface area contributed by atoms with E-state index in [9.17, 15) is 13.6 Å². The number of halogens is 2. The van der Waals surface area contributed by atoms with Gasteiger partial charge in [-0.1, -0.05) is 11.8 Å². The first-order valence-corrected chi connectivity index (χ1v) is 13.9. The minimum Gasteiger partial charge on any atom is -0.445 e. The Hall–Kier alpha value is -4.60. The number of rotatable bonds is 6. The molecule has 6 rings (SSSR count). The van der Waals surface area contributed by atoms with Gasteiger partial charge in [-0.05, 0) is 49.4 Å². The number of nitrogens with zero attached hydrogens (tertiary/aromatic N) is 4. The van der Waals surface area contributed by atoms with Crippen LogP contribution in [0, 0.1) is 23.5 Å². The number of thiophene rings is 1. The molecule has 2 aromatic carbocycles. The predicted molar refractivity (Wildman–Crippen MR) is 153 cm³/mol. The number of benzene rings is 2. The molecule has 1 amide bonds. The number of hydrogen-bond donors (Lipinski definition) is 3. The van der Waals surface area contributed by atoms with Gasteiger partial charge in [0.15, 0.2) is 5.82 Å². The predicted octanol–water partition coefficient (Wildman–Crippen LogP) is 4.94. The van der Waals surface area contributed by atoms with Crippen LogP contribution in [-0.4, -0.2) is 51.1 Å². The van der Waals surface area contributed by atoms with Crippen molar-refractivity contribution in [2.24, 2.45) is 0 Å². The summed E-state index contributed by atoms with van der Waals surface area (Å²) in [7, 11) is 0. The van der Waals surface area contributed by atoms with Crippen molar-refractivity contribution in [1.29, 1.82) is 0 Å². The van der Waals surface area contributed by atoms with Gasteiger partial charge in [-0.3, -0.25) is 10.00 Å². The molecule has 1 aliphatic heterocycles. The molecule has 12 heteroatoms. The smallest absolute Gasteiger partial charge is 0.407 e. The SMILES string of the molecule is CCNC(=O)O[C@H]1CN[C@H](C#Cc2cc3ncnc(Nc4ccc5c(cnn5Cc5cc(F)ccc5F)c4)c3s2)C1. The van der Waals surface area contributed by atoms with Crippen molar-refractivity contribution in [2.75, 3.05) is 18.4 Å². The lowest BCUT2D eigenvalue weighted by Crippen LogP contribution is -2.29. The Bertz CT molecular complexity index is 1810. The number of ether oxygens (including phenoxy) is 1. The van der Waals surface area contributed by atoms with Crippen LogP contribution in [-0.2, 0) is 11.3 Å². The third-order valence-corrected chi connectivity index (χ3v) is 7.65. The van der Waals surface area contributed by atoms with Crippen LogP contribution >= 0.6 is 11.3 Å². The lowest BCUT2D eigenvalue weighted by Gasteiger charge is -2.10. The van der Waals surface area contributed by atoms with Crippen molar-refractivity contribution < 1.29 is 18.3 Å². The highest BCUT2D eigenvalue weighted by Gasteiger charge is 2.25. The highest BCUT2D eigenvalue weighted by atomic mass is 32.1. The average molecular weight is 574 g/mol. The Balaban J connectivity index is 1.16. The molecular formula is C29H25F2N7O2S. The minimum absolute atomic E-state index is 0.0756. The van der Waals surface area contributed by atoms with Gasteiger partial charge in [-0.25, -0.2) is 23.5 Å². The Labute approximate surface area is 237 Å². The van der Waals surface area contributed by atoms with E-state index in [1.165, 1.54) is 23.7 Å². The molecule has 2 atom stereocenters. The van der Waals surface area contributed by atoms with Crippen LogP contribution in [0.15, 0.2) is 55.0 Å².